The van der Waals surface area contributed by atoms with Crippen LogP contribution in [0.4, 0.5) is 0 Å². The molecule has 0 unspecified atom stereocenters. The van der Waals surface area contributed by atoms with Crippen molar-refractivity contribution in [2.75, 3.05) is 26.3 Å². The molecular weight excluding hydrogens is 683 g/mol. The Labute approximate surface area is 292 Å². The summed E-state index contributed by atoms with van der Waals surface area (Å²) in [4.78, 5) is 15.3. The zero-order valence-corrected chi connectivity index (χ0v) is 29.1. The van der Waals surface area contributed by atoms with Gasteiger partial charge >= 0.3 is 0 Å². The van der Waals surface area contributed by atoms with Crippen LogP contribution in [0.2, 0.25) is 0 Å². The second kappa shape index (κ2) is 16.6. The maximum Gasteiger partial charge on any atom is 0.290 e. The van der Waals surface area contributed by atoms with Gasteiger partial charge in [0, 0.05) is 5.56 Å². The summed E-state index contributed by atoms with van der Waals surface area (Å²) in [5.41, 5.74) is 1.72. The van der Waals surface area contributed by atoms with E-state index in [1.54, 1.807) is 91.5 Å². The third-order valence-corrected chi connectivity index (χ3v) is 9.40. The van der Waals surface area contributed by atoms with Gasteiger partial charge in [-0.3, -0.25) is 13.2 Å². The summed E-state index contributed by atoms with van der Waals surface area (Å²) in [6.45, 7) is 3.73. The molecule has 50 heavy (non-hydrogen) atoms. The first-order chi connectivity index (χ1) is 24.0. The fraction of sp³-hybridized carbons (Fsp3) is 0.216. The monoisotopic (exact) mass is 719 g/mol. The standard InChI is InChI=1S/C37H37NO10S2/c1-3-44-49(40,41)24-22-28-10-16-33(17-11-28)47-35-26-38(37(39)30-14-20-32(21-15-30)46-31-8-6-5-7-9-31)27-36(35)48-34-18-12-29(13-19-34)23-25-50(42,43)45-4-2/h5-25,35-36H,3-4,26-27H2,1-2H3/b24-22+,25-23+/t35-,36-/m1/s1. The van der Waals surface area contributed by atoms with Gasteiger partial charge in [0.2, 0.25) is 0 Å². The van der Waals surface area contributed by atoms with E-state index in [2.05, 4.69) is 0 Å². The lowest BCUT2D eigenvalue weighted by Crippen LogP contribution is -2.34. The number of likely N-dealkylation sites (tertiary alicyclic amines) is 1. The number of rotatable bonds is 15. The van der Waals surface area contributed by atoms with Gasteiger partial charge in [-0.05, 0) is 97.8 Å². The molecule has 1 amide bonds. The summed E-state index contributed by atoms with van der Waals surface area (Å²) >= 11 is 0. The molecule has 1 aliphatic rings. The van der Waals surface area contributed by atoms with Crippen molar-refractivity contribution >= 4 is 38.3 Å². The highest BCUT2D eigenvalue weighted by atomic mass is 32.2. The van der Waals surface area contributed by atoms with Crippen molar-refractivity contribution in [1.82, 2.24) is 4.90 Å². The molecule has 1 heterocycles. The van der Waals surface area contributed by atoms with Crippen LogP contribution in [0, 0.1) is 0 Å². The maximum atomic E-state index is 13.6. The molecule has 13 heteroatoms. The minimum Gasteiger partial charge on any atom is -0.485 e. The number of carbonyl (C=O) groups is 1. The summed E-state index contributed by atoms with van der Waals surface area (Å²) in [7, 11) is -7.55. The topological polar surface area (TPSA) is 135 Å². The molecule has 0 radical (unpaired) electrons. The van der Waals surface area contributed by atoms with E-state index in [0.717, 1.165) is 10.8 Å². The van der Waals surface area contributed by atoms with Crippen LogP contribution in [0.3, 0.4) is 0 Å². The Balaban J connectivity index is 1.30. The largest absolute Gasteiger partial charge is 0.485 e. The fourth-order valence-corrected chi connectivity index (χ4v) is 6.47. The molecule has 0 saturated carbocycles. The zero-order chi connectivity index (χ0) is 35.6. The number of amides is 1. The van der Waals surface area contributed by atoms with Crippen LogP contribution in [0.1, 0.15) is 35.3 Å². The van der Waals surface area contributed by atoms with Crippen LogP contribution in [-0.4, -0.2) is 66.2 Å². The van der Waals surface area contributed by atoms with Crippen molar-refractivity contribution in [2.45, 2.75) is 26.1 Å². The van der Waals surface area contributed by atoms with Gasteiger partial charge in [-0.15, -0.1) is 0 Å². The van der Waals surface area contributed by atoms with E-state index in [0.29, 0.717) is 39.7 Å². The molecule has 5 rings (SSSR count). The number of para-hydroxylation sites is 1. The van der Waals surface area contributed by atoms with Gasteiger partial charge in [-0.25, -0.2) is 0 Å². The van der Waals surface area contributed by atoms with Gasteiger partial charge in [0.15, 0.2) is 12.2 Å². The van der Waals surface area contributed by atoms with Crippen molar-refractivity contribution in [3.05, 3.63) is 131 Å². The van der Waals surface area contributed by atoms with E-state index >= 15 is 0 Å². The number of carbonyl (C=O) groups excluding carboxylic acids is 1. The Morgan fingerprint density at radius 1 is 0.620 bits per heavy atom. The molecule has 0 N–H and O–H groups in total. The molecule has 0 aliphatic carbocycles. The molecule has 2 atom stereocenters. The second-order valence-electron chi connectivity index (χ2n) is 11.0. The smallest absolute Gasteiger partial charge is 0.290 e. The van der Waals surface area contributed by atoms with Crippen LogP contribution in [0.15, 0.2) is 114 Å². The van der Waals surface area contributed by atoms with Gasteiger partial charge < -0.3 is 19.1 Å². The number of benzene rings is 4. The number of nitrogens with zero attached hydrogens (tertiary/aromatic N) is 1. The quantitative estimate of drug-likeness (QED) is 0.125. The maximum absolute atomic E-state index is 13.6. The highest BCUT2D eigenvalue weighted by molar-refractivity contribution is 7.90. The Morgan fingerprint density at radius 3 is 1.48 bits per heavy atom. The van der Waals surface area contributed by atoms with Crippen LogP contribution in [0.25, 0.3) is 12.2 Å². The van der Waals surface area contributed by atoms with E-state index in [1.807, 2.05) is 30.3 Å². The highest BCUT2D eigenvalue weighted by Crippen LogP contribution is 2.27. The van der Waals surface area contributed by atoms with E-state index in [1.165, 1.54) is 12.2 Å². The molecule has 1 aliphatic heterocycles. The van der Waals surface area contributed by atoms with Gasteiger partial charge in [0.05, 0.1) is 37.1 Å². The lowest BCUT2D eigenvalue weighted by molar-refractivity contribution is 0.0771. The lowest BCUT2D eigenvalue weighted by atomic mass is 10.2. The third-order valence-electron chi connectivity index (χ3n) is 7.34. The second-order valence-corrected chi connectivity index (χ2v) is 14.0. The summed E-state index contributed by atoms with van der Waals surface area (Å²) < 4.78 is 75.4. The molecule has 0 spiro atoms. The van der Waals surface area contributed by atoms with Gasteiger partial charge in [0.1, 0.15) is 23.0 Å². The summed E-state index contributed by atoms with van der Waals surface area (Å²) in [6, 6.07) is 29.9. The number of hydrogen-bond donors (Lipinski definition) is 0. The Kier molecular flexibility index (Phi) is 12.1. The Hall–Kier alpha value is -4.95. The average molecular weight is 720 g/mol. The lowest BCUT2D eigenvalue weighted by Gasteiger charge is -2.21. The number of ether oxygens (including phenoxy) is 3. The van der Waals surface area contributed by atoms with Crippen molar-refractivity contribution in [1.29, 1.82) is 0 Å². The van der Waals surface area contributed by atoms with E-state index in [4.69, 9.17) is 22.6 Å². The van der Waals surface area contributed by atoms with Crippen LogP contribution >= 0.6 is 0 Å². The van der Waals surface area contributed by atoms with Crippen molar-refractivity contribution in [3.63, 3.8) is 0 Å². The predicted octanol–water partition coefficient (Wildman–Crippen LogP) is 6.50. The van der Waals surface area contributed by atoms with Crippen LogP contribution in [0.5, 0.6) is 23.0 Å². The molecule has 0 aromatic heterocycles. The zero-order valence-electron chi connectivity index (χ0n) is 27.5. The van der Waals surface area contributed by atoms with Gasteiger partial charge in [0.25, 0.3) is 26.1 Å². The molecule has 0 bridgehead atoms. The SMILES string of the molecule is CCOS(=O)(=O)/C=C/c1ccc(O[C@@H]2CN(C(=O)c3ccc(Oc4ccccc4)cc3)C[C@H]2Oc2ccc(/C=C/S(=O)(=O)OCC)cc2)cc1. The molecule has 11 nitrogen and oxygen atoms in total. The Bertz CT molecular complexity index is 1900. The van der Waals surface area contributed by atoms with Crippen LogP contribution in [-0.2, 0) is 28.6 Å². The normalized spacial score (nSPS) is 16.6. The average Bonchev–Trinajstić information content (AvgIpc) is 3.49. The summed E-state index contributed by atoms with van der Waals surface area (Å²) in [5.74, 6) is 2.08. The van der Waals surface area contributed by atoms with E-state index in [9.17, 15) is 21.6 Å². The third kappa shape index (κ3) is 10.5. The molecular formula is C37H37NO10S2. The Morgan fingerprint density at radius 2 is 1.04 bits per heavy atom. The van der Waals surface area contributed by atoms with Crippen molar-refractivity contribution in [3.8, 4) is 23.0 Å². The van der Waals surface area contributed by atoms with Gasteiger partial charge in [-0.2, -0.15) is 16.8 Å². The predicted molar refractivity (Wildman–Crippen MR) is 190 cm³/mol. The van der Waals surface area contributed by atoms with Crippen molar-refractivity contribution in [2.24, 2.45) is 0 Å². The van der Waals surface area contributed by atoms with E-state index < -0.39 is 32.4 Å². The van der Waals surface area contributed by atoms with Crippen molar-refractivity contribution < 1.29 is 44.2 Å². The summed E-state index contributed by atoms with van der Waals surface area (Å²) in [5, 5.41) is 1.99. The van der Waals surface area contributed by atoms with E-state index in [-0.39, 0.29) is 32.2 Å². The molecule has 1 fully saturated rings. The molecule has 4 aromatic carbocycles. The van der Waals surface area contributed by atoms with Gasteiger partial charge in [-0.1, -0.05) is 42.5 Å². The first-order valence-corrected chi connectivity index (χ1v) is 18.8. The fourth-order valence-electron chi connectivity index (χ4n) is 5.00. The highest BCUT2D eigenvalue weighted by Gasteiger charge is 2.39. The summed E-state index contributed by atoms with van der Waals surface area (Å²) in [6.07, 6.45) is 1.74. The minimum atomic E-state index is -3.77. The molecule has 1 saturated heterocycles. The number of hydrogen-bond acceptors (Lipinski definition) is 10. The van der Waals surface area contributed by atoms with Crippen LogP contribution < -0.4 is 14.2 Å². The first kappa shape index (κ1) is 36.3. The first-order valence-electron chi connectivity index (χ1n) is 15.8. The minimum absolute atomic E-state index is 0.0393. The molecule has 262 valence electrons. The molecule has 4 aromatic rings.